The lowest BCUT2D eigenvalue weighted by Gasteiger charge is -2.10. The predicted molar refractivity (Wildman–Crippen MR) is 109 cm³/mol. The van der Waals surface area contributed by atoms with Gasteiger partial charge in [0, 0.05) is 21.4 Å². The maximum atomic E-state index is 12.4. The smallest absolute Gasteiger partial charge is 0.256 e. The van der Waals surface area contributed by atoms with E-state index < -0.39 is 0 Å². The van der Waals surface area contributed by atoms with Gasteiger partial charge >= 0.3 is 0 Å². The zero-order valence-electron chi connectivity index (χ0n) is 14.5. The van der Waals surface area contributed by atoms with Gasteiger partial charge in [0.05, 0.1) is 12.7 Å². The number of carbonyl (C=O) groups excluding carboxylic acids is 2. The number of rotatable bonds is 5. The molecule has 0 aliphatic carbocycles. The van der Waals surface area contributed by atoms with E-state index in [4.69, 9.17) is 4.74 Å². The quantitative estimate of drug-likeness (QED) is 0.607. The maximum absolute atomic E-state index is 12.4. The van der Waals surface area contributed by atoms with Gasteiger partial charge in [-0.1, -0.05) is 24.3 Å². The molecule has 0 saturated heterocycles. The van der Waals surface area contributed by atoms with Crippen molar-refractivity contribution < 1.29 is 14.3 Å². The molecule has 0 bridgehead atoms. The van der Waals surface area contributed by atoms with E-state index in [9.17, 15) is 9.59 Å². The van der Waals surface area contributed by atoms with Crippen molar-refractivity contribution in [2.45, 2.75) is 0 Å². The van der Waals surface area contributed by atoms with E-state index in [0.717, 1.165) is 0 Å². The summed E-state index contributed by atoms with van der Waals surface area (Å²) in [6.45, 7) is 0. The molecular formula is C21H17BrN2O3. The average Bonchev–Trinajstić information content (AvgIpc) is 2.68. The Balaban J connectivity index is 1.72. The van der Waals surface area contributed by atoms with Gasteiger partial charge in [-0.15, -0.1) is 0 Å². The molecule has 0 fully saturated rings. The second-order valence-electron chi connectivity index (χ2n) is 5.70. The van der Waals surface area contributed by atoms with Crippen LogP contribution in [0.25, 0.3) is 0 Å². The van der Waals surface area contributed by atoms with Crippen molar-refractivity contribution in [3.8, 4) is 5.75 Å². The Kier molecular flexibility index (Phi) is 5.88. The van der Waals surface area contributed by atoms with Crippen molar-refractivity contribution in [2.75, 3.05) is 17.7 Å². The normalized spacial score (nSPS) is 10.1. The lowest BCUT2D eigenvalue weighted by atomic mass is 10.2. The zero-order valence-corrected chi connectivity index (χ0v) is 16.1. The number of methoxy groups -OCH3 is 1. The van der Waals surface area contributed by atoms with Crippen LogP contribution in [0.15, 0.2) is 77.3 Å². The molecule has 0 unspecified atom stereocenters. The molecule has 0 aromatic heterocycles. The highest BCUT2D eigenvalue weighted by Gasteiger charge is 2.11. The van der Waals surface area contributed by atoms with E-state index >= 15 is 0 Å². The number of hydrogen-bond donors (Lipinski definition) is 2. The van der Waals surface area contributed by atoms with E-state index in [0.29, 0.717) is 32.7 Å². The van der Waals surface area contributed by atoms with Gasteiger partial charge < -0.3 is 15.4 Å². The van der Waals surface area contributed by atoms with Crippen LogP contribution in [0, 0.1) is 0 Å². The van der Waals surface area contributed by atoms with E-state index in [1.807, 2.05) is 6.07 Å². The minimum atomic E-state index is -0.261. The highest BCUT2D eigenvalue weighted by molar-refractivity contribution is 9.10. The van der Waals surface area contributed by atoms with Crippen LogP contribution < -0.4 is 15.4 Å². The van der Waals surface area contributed by atoms with E-state index in [2.05, 4.69) is 26.6 Å². The van der Waals surface area contributed by atoms with Crippen LogP contribution in [-0.2, 0) is 0 Å². The lowest BCUT2D eigenvalue weighted by Crippen LogP contribution is -2.14. The summed E-state index contributed by atoms with van der Waals surface area (Å²) in [4.78, 5) is 24.8. The van der Waals surface area contributed by atoms with Crippen LogP contribution in [0.3, 0.4) is 0 Å². The predicted octanol–water partition coefficient (Wildman–Crippen LogP) is 4.96. The first-order chi connectivity index (χ1) is 13.1. The van der Waals surface area contributed by atoms with Gasteiger partial charge in [0.25, 0.3) is 11.8 Å². The van der Waals surface area contributed by atoms with Gasteiger partial charge in [0.1, 0.15) is 5.75 Å². The summed E-state index contributed by atoms with van der Waals surface area (Å²) >= 11 is 3.37. The van der Waals surface area contributed by atoms with Gasteiger partial charge in [-0.25, -0.2) is 0 Å². The summed E-state index contributed by atoms with van der Waals surface area (Å²) in [6, 6.07) is 21.0. The van der Waals surface area contributed by atoms with Gasteiger partial charge in [-0.05, 0) is 64.5 Å². The summed E-state index contributed by atoms with van der Waals surface area (Å²) < 4.78 is 5.85. The number of nitrogens with one attached hydrogen (secondary N) is 2. The molecule has 6 heteroatoms. The number of halogens is 1. The highest BCUT2D eigenvalue weighted by Crippen LogP contribution is 2.21. The third-order valence-corrected chi connectivity index (χ3v) is 4.52. The van der Waals surface area contributed by atoms with Gasteiger partial charge in [-0.3, -0.25) is 9.59 Å². The SMILES string of the molecule is COc1cccc(C(=O)Nc2cccc(NC(=O)c3ccccc3Br)c2)c1. The first-order valence-electron chi connectivity index (χ1n) is 8.18. The molecule has 3 aromatic carbocycles. The summed E-state index contributed by atoms with van der Waals surface area (Å²) in [5, 5.41) is 5.65. The Morgan fingerprint density at radius 2 is 1.48 bits per heavy atom. The number of anilines is 2. The third kappa shape index (κ3) is 4.74. The zero-order chi connectivity index (χ0) is 19.2. The number of benzene rings is 3. The van der Waals surface area contributed by atoms with Gasteiger partial charge in [-0.2, -0.15) is 0 Å². The topological polar surface area (TPSA) is 67.4 Å². The molecule has 2 N–H and O–H groups in total. The van der Waals surface area contributed by atoms with Crippen molar-refractivity contribution >= 4 is 39.1 Å². The van der Waals surface area contributed by atoms with Crippen LogP contribution in [-0.4, -0.2) is 18.9 Å². The third-order valence-electron chi connectivity index (χ3n) is 3.83. The summed E-state index contributed by atoms with van der Waals surface area (Å²) in [7, 11) is 1.55. The Hall–Kier alpha value is -3.12. The molecule has 27 heavy (non-hydrogen) atoms. The Bertz CT molecular complexity index is 988. The lowest BCUT2D eigenvalue weighted by molar-refractivity contribution is 0.101. The minimum absolute atomic E-state index is 0.237. The number of hydrogen-bond acceptors (Lipinski definition) is 3. The number of ether oxygens (including phenoxy) is 1. The molecule has 0 atom stereocenters. The highest BCUT2D eigenvalue weighted by atomic mass is 79.9. The van der Waals surface area contributed by atoms with Gasteiger partial charge in [0.2, 0.25) is 0 Å². The summed E-state index contributed by atoms with van der Waals surface area (Å²) in [6.07, 6.45) is 0. The second-order valence-corrected chi connectivity index (χ2v) is 6.56. The second kappa shape index (κ2) is 8.51. The molecule has 5 nitrogen and oxygen atoms in total. The summed E-state index contributed by atoms with van der Waals surface area (Å²) in [5.41, 5.74) is 2.17. The Labute approximate surface area is 165 Å². The molecule has 136 valence electrons. The molecular weight excluding hydrogens is 408 g/mol. The molecule has 0 aliphatic heterocycles. The van der Waals surface area contributed by atoms with Crippen LogP contribution in [0.5, 0.6) is 5.75 Å². The Morgan fingerprint density at radius 3 is 2.19 bits per heavy atom. The maximum Gasteiger partial charge on any atom is 0.256 e. The molecule has 2 amide bonds. The van der Waals surface area contributed by atoms with E-state index in [-0.39, 0.29) is 11.8 Å². The fourth-order valence-corrected chi connectivity index (χ4v) is 2.95. The first kappa shape index (κ1) is 18.7. The van der Waals surface area contributed by atoms with Crippen LogP contribution >= 0.6 is 15.9 Å². The molecule has 3 aromatic rings. The monoisotopic (exact) mass is 424 g/mol. The average molecular weight is 425 g/mol. The summed E-state index contributed by atoms with van der Waals surface area (Å²) in [5.74, 6) is 0.110. The van der Waals surface area contributed by atoms with Crippen molar-refractivity contribution in [3.05, 3.63) is 88.4 Å². The van der Waals surface area contributed by atoms with Crippen molar-refractivity contribution in [3.63, 3.8) is 0 Å². The first-order valence-corrected chi connectivity index (χ1v) is 8.97. The van der Waals surface area contributed by atoms with Crippen molar-refractivity contribution in [1.29, 1.82) is 0 Å². The fourth-order valence-electron chi connectivity index (χ4n) is 2.49. The molecule has 0 heterocycles. The van der Waals surface area contributed by atoms with E-state index in [1.165, 1.54) is 0 Å². The largest absolute Gasteiger partial charge is 0.497 e. The molecule has 3 rings (SSSR count). The molecule has 0 spiro atoms. The van der Waals surface area contributed by atoms with Gasteiger partial charge in [0.15, 0.2) is 0 Å². The van der Waals surface area contributed by atoms with E-state index in [1.54, 1.807) is 73.8 Å². The van der Waals surface area contributed by atoms with Crippen LogP contribution in [0.2, 0.25) is 0 Å². The van der Waals surface area contributed by atoms with Crippen LogP contribution in [0.4, 0.5) is 11.4 Å². The minimum Gasteiger partial charge on any atom is -0.497 e. The number of amides is 2. The molecule has 0 aliphatic rings. The molecule has 0 radical (unpaired) electrons. The standard InChI is InChI=1S/C21H17BrN2O3/c1-27-17-9-4-6-14(12-17)20(25)23-15-7-5-8-16(13-15)24-21(26)18-10-2-3-11-19(18)22/h2-13H,1H3,(H,23,25)(H,24,26). The number of carbonyl (C=O) groups is 2. The Morgan fingerprint density at radius 1 is 0.815 bits per heavy atom. The molecule has 0 saturated carbocycles. The fraction of sp³-hybridized carbons (Fsp3) is 0.0476. The van der Waals surface area contributed by atoms with Crippen molar-refractivity contribution in [1.82, 2.24) is 0 Å². The van der Waals surface area contributed by atoms with Crippen LogP contribution in [0.1, 0.15) is 20.7 Å². The van der Waals surface area contributed by atoms with Crippen molar-refractivity contribution in [2.24, 2.45) is 0 Å².